The Morgan fingerprint density at radius 3 is 2.27 bits per heavy atom. The van der Waals surface area contributed by atoms with E-state index in [1.165, 1.54) is 16.7 Å². The Kier molecular flexibility index (Phi) is 14.8. The maximum atomic E-state index is 13.2. The molecule has 1 saturated carbocycles. The van der Waals surface area contributed by atoms with Crippen molar-refractivity contribution in [2.45, 2.75) is 62.2 Å². The van der Waals surface area contributed by atoms with Gasteiger partial charge in [0.05, 0.1) is 24.9 Å². The van der Waals surface area contributed by atoms with E-state index < -0.39 is 48.2 Å². The molecule has 2 aliphatic rings. The number of unbranched alkanes of at least 4 members (excludes halogenated alkanes) is 2. The first-order valence-electron chi connectivity index (χ1n) is 15.7. The fourth-order valence-electron chi connectivity index (χ4n) is 5.21. The fraction of sp³-hybridized carbons (Fsp3) is 0.548. The van der Waals surface area contributed by atoms with E-state index in [-0.39, 0.29) is 68.0 Å². The van der Waals surface area contributed by atoms with Gasteiger partial charge in [-0.05, 0) is 30.6 Å². The highest BCUT2D eigenvalue weighted by Gasteiger charge is 2.61. The van der Waals surface area contributed by atoms with E-state index in [4.69, 9.17) is 10.5 Å². The zero-order chi connectivity index (χ0) is 35.1. The van der Waals surface area contributed by atoms with Crippen LogP contribution in [0.3, 0.4) is 0 Å². The number of primary amides is 1. The van der Waals surface area contributed by atoms with E-state index in [0.29, 0.717) is 25.8 Å². The summed E-state index contributed by atoms with van der Waals surface area (Å²) in [5.41, 5.74) is 4.42. The molecule has 0 radical (unpaired) electrons. The number of hydrogen-bond acceptors (Lipinski definition) is 10. The van der Waals surface area contributed by atoms with Crippen LogP contribution in [0, 0.1) is 0 Å². The van der Waals surface area contributed by atoms with Gasteiger partial charge in [-0.3, -0.25) is 43.3 Å². The highest BCUT2D eigenvalue weighted by molar-refractivity contribution is 8.00. The first kappa shape index (κ1) is 37.9. The minimum absolute atomic E-state index is 0.151. The Morgan fingerprint density at radius 1 is 0.896 bits per heavy atom. The highest BCUT2D eigenvalue weighted by Crippen LogP contribution is 2.51. The van der Waals surface area contributed by atoms with Crippen LogP contribution >= 0.6 is 11.8 Å². The summed E-state index contributed by atoms with van der Waals surface area (Å²) in [7, 11) is 0. The molecule has 1 aromatic carbocycles. The monoisotopic (exact) mass is 689 g/mol. The number of rotatable bonds is 21. The van der Waals surface area contributed by atoms with Crippen molar-refractivity contribution in [2.24, 2.45) is 5.73 Å². The van der Waals surface area contributed by atoms with Crippen molar-refractivity contribution in [1.82, 2.24) is 31.5 Å². The van der Waals surface area contributed by atoms with E-state index in [0.717, 1.165) is 11.3 Å². The molecular weight excluding hydrogens is 646 g/mol. The largest absolute Gasteiger partial charge is 0.368 e. The number of nitrogens with two attached hydrogens (primary N) is 1. The number of likely N-dealkylation sites (tertiary alicyclic amines) is 1. The predicted octanol–water partition coefficient (Wildman–Crippen LogP) is -1.61. The van der Waals surface area contributed by atoms with Crippen molar-refractivity contribution in [3.8, 4) is 0 Å². The van der Waals surface area contributed by atoms with Gasteiger partial charge in [-0.25, -0.2) is 0 Å². The number of nitrogens with one attached hydrogen (secondary N) is 5. The minimum atomic E-state index is -1.34. The predicted molar refractivity (Wildman–Crippen MR) is 174 cm³/mol. The quantitative estimate of drug-likeness (QED) is 0.0491. The molecule has 262 valence electrons. The third-order valence-corrected chi connectivity index (χ3v) is 8.81. The smallest absolute Gasteiger partial charge is 0.246 e. The van der Waals surface area contributed by atoms with Gasteiger partial charge < -0.3 is 37.1 Å². The summed E-state index contributed by atoms with van der Waals surface area (Å²) in [6, 6.07) is 9.04. The molecule has 0 spiro atoms. The molecule has 7 N–H and O–H groups in total. The van der Waals surface area contributed by atoms with Crippen molar-refractivity contribution in [2.75, 3.05) is 45.3 Å². The van der Waals surface area contributed by atoms with E-state index in [1.807, 2.05) is 25.1 Å². The second-order valence-electron chi connectivity index (χ2n) is 11.3. The minimum Gasteiger partial charge on any atom is -0.368 e. The summed E-state index contributed by atoms with van der Waals surface area (Å²) in [6.07, 6.45) is 2.36. The van der Waals surface area contributed by atoms with Crippen LogP contribution in [0.5, 0.6) is 0 Å². The number of nitrogens with zero attached hydrogens (tertiary/aromatic N) is 1. The average Bonchev–Trinajstić information content (AvgIpc) is 3.73. The van der Waals surface area contributed by atoms with Crippen molar-refractivity contribution in [1.29, 1.82) is 0 Å². The molecule has 0 aromatic heterocycles. The second kappa shape index (κ2) is 18.7. The van der Waals surface area contributed by atoms with Gasteiger partial charge in [0.25, 0.3) is 0 Å². The lowest BCUT2D eigenvalue weighted by Gasteiger charge is -2.20. The lowest BCUT2D eigenvalue weighted by atomic mass is 10.1. The molecule has 16 nitrogen and oxygen atoms in total. The van der Waals surface area contributed by atoms with Crippen LogP contribution in [0.1, 0.15) is 56.9 Å². The van der Waals surface area contributed by atoms with Crippen LogP contribution in [-0.2, 0) is 43.1 Å². The summed E-state index contributed by atoms with van der Waals surface area (Å²) in [4.78, 5) is 98.9. The van der Waals surface area contributed by atoms with E-state index >= 15 is 0 Å². The molecule has 2 fully saturated rings. The van der Waals surface area contributed by atoms with Crippen LogP contribution in [0.15, 0.2) is 30.3 Å². The van der Waals surface area contributed by atoms with Crippen molar-refractivity contribution in [3.63, 3.8) is 0 Å². The van der Waals surface area contributed by atoms with Crippen molar-refractivity contribution >= 4 is 59.0 Å². The summed E-state index contributed by atoms with van der Waals surface area (Å²) in [6.45, 7) is 0.391. The van der Waals surface area contributed by atoms with Gasteiger partial charge in [-0.1, -0.05) is 43.7 Å². The van der Waals surface area contributed by atoms with Crippen molar-refractivity contribution in [3.05, 3.63) is 35.9 Å². The Labute approximate surface area is 282 Å². The van der Waals surface area contributed by atoms with Crippen molar-refractivity contribution < 1.29 is 43.1 Å². The topological polar surface area (TPSA) is 235 Å². The fourth-order valence-corrected chi connectivity index (χ4v) is 6.15. The zero-order valence-electron chi connectivity index (χ0n) is 26.8. The first-order valence-corrected chi connectivity index (χ1v) is 16.8. The van der Waals surface area contributed by atoms with Gasteiger partial charge in [0.1, 0.15) is 18.9 Å². The lowest BCUT2D eigenvalue weighted by molar-refractivity contribution is -0.138. The maximum Gasteiger partial charge on any atom is 0.246 e. The molecule has 0 bridgehead atoms. The third-order valence-electron chi connectivity index (χ3n) is 7.70. The number of hydrogen-bond donors (Lipinski definition) is 6. The summed E-state index contributed by atoms with van der Waals surface area (Å²) in [5, 5.41) is 12.2. The molecule has 17 heteroatoms. The van der Waals surface area contributed by atoms with Gasteiger partial charge in [-0.2, -0.15) is 0 Å². The SMILES string of the molecule is CCSC1CC(=O)N(CCCCCC(=O)NCC(=O)NCC(=O)NC2(C(=O)NCC(=O)NCOCC(N)=O)C[C@H]2c2ccccc2)C1=O. The highest BCUT2D eigenvalue weighted by atomic mass is 32.2. The summed E-state index contributed by atoms with van der Waals surface area (Å²) in [5.74, 6) is -3.40. The number of carbonyl (C=O) groups excluding carboxylic acids is 8. The van der Waals surface area contributed by atoms with Gasteiger partial charge in [0.15, 0.2) is 0 Å². The Morgan fingerprint density at radius 2 is 1.56 bits per heavy atom. The number of benzene rings is 1. The number of ether oxygens (including phenoxy) is 1. The summed E-state index contributed by atoms with van der Waals surface area (Å²) >= 11 is 1.46. The number of amides is 8. The molecule has 1 heterocycles. The normalized spacial score (nSPS) is 19.7. The van der Waals surface area contributed by atoms with Gasteiger partial charge in [0, 0.05) is 25.3 Å². The molecule has 1 aliphatic heterocycles. The van der Waals surface area contributed by atoms with E-state index in [9.17, 15) is 38.4 Å². The third kappa shape index (κ3) is 11.6. The van der Waals surface area contributed by atoms with E-state index in [2.05, 4.69) is 26.6 Å². The van der Waals surface area contributed by atoms with Gasteiger partial charge in [-0.15, -0.1) is 11.8 Å². The molecule has 2 unspecified atom stereocenters. The van der Waals surface area contributed by atoms with Gasteiger partial charge in [0.2, 0.25) is 47.3 Å². The standard InChI is InChI=1S/C31H43N7O9S/c1-2-48-22-13-28(44)38(29(22)45)12-8-4-7-11-24(40)33-15-25(41)34-17-27(43)37-31(14-21(31)20-9-5-3-6-10-20)30(46)35-16-26(42)36-19-47-18-23(32)39/h3,5-6,9-10,21-22H,2,4,7-8,11-19H2,1H3,(H2,32,39)(H,33,40)(H,34,41)(H,35,46)(H,36,42)(H,37,43)/t21-,22?,31?/m0/s1. The Hall–Kier alpha value is -4.51. The first-order chi connectivity index (χ1) is 23.0. The zero-order valence-corrected chi connectivity index (χ0v) is 27.7. The van der Waals surface area contributed by atoms with Crippen LogP contribution in [0.4, 0.5) is 0 Å². The molecule has 1 saturated heterocycles. The number of thioether (sulfide) groups is 1. The van der Waals surface area contributed by atoms with Crippen LogP contribution in [0.25, 0.3) is 0 Å². The van der Waals surface area contributed by atoms with Crippen LogP contribution < -0.4 is 32.3 Å². The van der Waals surface area contributed by atoms with Crippen LogP contribution in [0.2, 0.25) is 0 Å². The second-order valence-corrected chi connectivity index (χ2v) is 12.8. The number of carbonyl (C=O) groups is 8. The lowest BCUT2D eigenvalue weighted by Crippen LogP contribution is -2.54. The molecule has 3 rings (SSSR count). The Balaban J connectivity index is 1.36. The molecular formula is C31H43N7O9S. The molecule has 1 aromatic rings. The van der Waals surface area contributed by atoms with Crippen LogP contribution in [-0.4, -0.2) is 108 Å². The molecule has 1 aliphatic carbocycles. The number of imide groups is 1. The summed E-state index contributed by atoms with van der Waals surface area (Å²) < 4.78 is 4.86. The molecule has 3 atom stereocenters. The van der Waals surface area contributed by atoms with Gasteiger partial charge >= 0.3 is 0 Å². The maximum absolute atomic E-state index is 13.2. The van der Waals surface area contributed by atoms with E-state index in [1.54, 1.807) is 12.1 Å². The average molecular weight is 690 g/mol. The molecule has 8 amide bonds. The Bertz CT molecular complexity index is 1360. The molecule has 48 heavy (non-hydrogen) atoms.